The molecule has 1 aromatic rings. The maximum Gasteiger partial charge on any atom is 0.138 e. The minimum absolute atomic E-state index is 0.124. The molecule has 1 aromatic heterocycles. The Morgan fingerprint density at radius 1 is 1.21 bits per heavy atom. The van der Waals surface area contributed by atoms with Crippen LogP contribution in [0.5, 0.6) is 5.75 Å². The molecule has 1 saturated carbocycles. The van der Waals surface area contributed by atoms with Crippen LogP contribution in [0.15, 0.2) is 18.3 Å². The van der Waals surface area contributed by atoms with Crippen LogP contribution >= 0.6 is 0 Å². The van der Waals surface area contributed by atoms with Crippen LogP contribution < -0.4 is 10.1 Å². The van der Waals surface area contributed by atoms with Gasteiger partial charge in [-0.05, 0) is 58.6 Å². The van der Waals surface area contributed by atoms with Gasteiger partial charge in [0.2, 0.25) is 0 Å². The van der Waals surface area contributed by atoms with Crippen LogP contribution in [0.2, 0.25) is 0 Å². The zero-order chi connectivity index (χ0) is 13.7. The molecule has 2 rings (SSSR count). The lowest BCUT2D eigenvalue weighted by atomic mass is 9.98. The molecule has 1 N–H and O–H groups in total. The number of pyridine rings is 1. The standard InChI is InChI=1S/C16H26N2O/c1-16(2,3)18-11-13-9-10-15(12-17-13)19-14-7-5-4-6-8-14/h9-10,12,14,18H,4-8,11H2,1-3H3. The summed E-state index contributed by atoms with van der Waals surface area (Å²) in [5, 5.41) is 3.44. The molecule has 0 aromatic carbocycles. The normalized spacial score (nSPS) is 17.4. The third-order valence-corrected chi connectivity index (χ3v) is 3.45. The zero-order valence-corrected chi connectivity index (χ0v) is 12.4. The molecular formula is C16H26N2O. The average molecular weight is 262 g/mol. The third-order valence-electron chi connectivity index (χ3n) is 3.45. The van der Waals surface area contributed by atoms with Gasteiger partial charge in [0.25, 0.3) is 0 Å². The SMILES string of the molecule is CC(C)(C)NCc1ccc(OC2CCCCC2)cn1. The van der Waals surface area contributed by atoms with Crippen molar-refractivity contribution in [1.82, 2.24) is 10.3 Å². The number of aromatic nitrogens is 1. The van der Waals surface area contributed by atoms with E-state index >= 15 is 0 Å². The highest BCUT2D eigenvalue weighted by atomic mass is 16.5. The van der Waals surface area contributed by atoms with Gasteiger partial charge in [-0.1, -0.05) is 6.42 Å². The minimum atomic E-state index is 0.124. The van der Waals surface area contributed by atoms with E-state index in [1.54, 1.807) is 0 Å². The molecule has 0 amide bonds. The number of ether oxygens (including phenoxy) is 1. The summed E-state index contributed by atoms with van der Waals surface area (Å²) < 4.78 is 5.97. The predicted molar refractivity (Wildman–Crippen MR) is 78.3 cm³/mol. The van der Waals surface area contributed by atoms with E-state index in [1.807, 2.05) is 12.3 Å². The fourth-order valence-electron chi connectivity index (χ4n) is 2.32. The van der Waals surface area contributed by atoms with Gasteiger partial charge in [-0.2, -0.15) is 0 Å². The Hall–Kier alpha value is -1.09. The fraction of sp³-hybridized carbons (Fsp3) is 0.688. The van der Waals surface area contributed by atoms with Gasteiger partial charge < -0.3 is 10.1 Å². The summed E-state index contributed by atoms with van der Waals surface area (Å²) in [6.07, 6.45) is 8.58. The van der Waals surface area contributed by atoms with Crippen molar-refractivity contribution in [3.8, 4) is 5.75 Å². The van der Waals surface area contributed by atoms with Gasteiger partial charge in [-0.25, -0.2) is 0 Å². The van der Waals surface area contributed by atoms with E-state index in [0.29, 0.717) is 6.10 Å². The summed E-state index contributed by atoms with van der Waals surface area (Å²) in [5.74, 6) is 0.909. The highest BCUT2D eigenvalue weighted by Crippen LogP contribution is 2.22. The first-order valence-electron chi connectivity index (χ1n) is 7.39. The van der Waals surface area contributed by atoms with E-state index < -0.39 is 0 Å². The van der Waals surface area contributed by atoms with Crippen molar-refractivity contribution < 1.29 is 4.74 Å². The number of nitrogens with zero attached hydrogens (tertiary/aromatic N) is 1. The van der Waals surface area contributed by atoms with Crippen LogP contribution in [0.25, 0.3) is 0 Å². The Morgan fingerprint density at radius 2 is 1.95 bits per heavy atom. The smallest absolute Gasteiger partial charge is 0.138 e. The van der Waals surface area contributed by atoms with Crippen LogP contribution in [0, 0.1) is 0 Å². The molecule has 19 heavy (non-hydrogen) atoms. The molecule has 0 radical (unpaired) electrons. The van der Waals surface area contributed by atoms with Gasteiger partial charge in [0, 0.05) is 12.1 Å². The number of rotatable bonds is 4. The second kappa shape index (κ2) is 6.38. The quantitative estimate of drug-likeness (QED) is 0.898. The molecule has 3 nitrogen and oxygen atoms in total. The molecule has 1 heterocycles. The highest BCUT2D eigenvalue weighted by molar-refractivity contribution is 5.20. The van der Waals surface area contributed by atoms with E-state index in [0.717, 1.165) is 18.0 Å². The number of hydrogen-bond donors (Lipinski definition) is 1. The molecule has 0 aliphatic heterocycles. The molecule has 106 valence electrons. The Labute approximate surface area is 116 Å². The van der Waals surface area contributed by atoms with Crippen LogP contribution in [-0.2, 0) is 6.54 Å². The van der Waals surface area contributed by atoms with Crippen molar-refractivity contribution in [3.05, 3.63) is 24.0 Å². The Kier molecular flexibility index (Phi) is 4.81. The lowest BCUT2D eigenvalue weighted by Crippen LogP contribution is -2.35. The van der Waals surface area contributed by atoms with E-state index in [1.165, 1.54) is 32.1 Å². The minimum Gasteiger partial charge on any atom is -0.489 e. The third kappa shape index (κ3) is 5.19. The lowest BCUT2D eigenvalue weighted by Gasteiger charge is -2.23. The van der Waals surface area contributed by atoms with Crippen molar-refractivity contribution in [2.75, 3.05) is 0 Å². The monoisotopic (exact) mass is 262 g/mol. The summed E-state index contributed by atoms with van der Waals surface area (Å²) >= 11 is 0. The summed E-state index contributed by atoms with van der Waals surface area (Å²) in [6, 6.07) is 4.10. The van der Waals surface area contributed by atoms with E-state index in [-0.39, 0.29) is 5.54 Å². The van der Waals surface area contributed by atoms with Crippen LogP contribution in [0.3, 0.4) is 0 Å². The van der Waals surface area contributed by atoms with Crippen molar-refractivity contribution >= 4 is 0 Å². The van der Waals surface area contributed by atoms with Gasteiger partial charge >= 0.3 is 0 Å². The maximum absolute atomic E-state index is 5.97. The van der Waals surface area contributed by atoms with Crippen molar-refractivity contribution in [1.29, 1.82) is 0 Å². The molecule has 1 aliphatic rings. The van der Waals surface area contributed by atoms with Gasteiger partial charge in [-0.3, -0.25) is 4.98 Å². The number of hydrogen-bond acceptors (Lipinski definition) is 3. The highest BCUT2D eigenvalue weighted by Gasteiger charge is 2.15. The first-order valence-corrected chi connectivity index (χ1v) is 7.39. The van der Waals surface area contributed by atoms with E-state index in [2.05, 4.69) is 37.1 Å². The lowest BCUT2D eigenvalue weighted by molar-refractivity contribution is 0.154. The van der Waals surface area contributed by atoms with Gasteiger partial charge in [0.05, 0.1) is 18.0 Å². The Balaban J connectivity index is 1.83. The summed E-state index contributed by atoms with van der Waals surface area (Å²) in [7, 11) is 0. The van der Waals surface area contributed by atoms with Crippen LogP contribution in [-0.4, -0.2) is 16.6 Å². The first-order chi connectivity index (χ1) is 9.03. The van der Waals surface area contributed by atoms with E-state index in [4.69, 9.17) is 4.74 Å². The zero-order valence-electron chi connectivity index (χ0n) is 12.4. The summed E-state index contributed by atoms with van der Waals surface area (Å²) in [6.45, 7) is 7.28. The van der Waals surface area contributed by atoms with Gasteiger partial charge in [0.15, 0.2) is 0 Å². The fourth-order valence-corrected chi connectivity index (χ4v) is 2.32. The summed E-state index contributed by atoms with van der Waals surface area (Å²) in [4.78, 5) is 4.46. The van der Waals surface area contributed by atoms with Crippen molar-refractivity contribution in [2.45, 2.75) is 71.1 Å². The van der Waals surface area contributed by atoms with Crippen LogP contribution in [0.1, 0.15) is 58.6 Å². The predicted octanol–water partition coefficient (Wildman–Crippen LogP) is 3.68. The largest absolute Gasteiger partial charge is 0.489 e. The second-order valence-corrected chi connectivity index (χ2v) is 6.47. The summed E-state index contributed by atoms with van der Waals surface area (Å²) in [5.41, 5.74) is 1.18. The van der Waals surface area contributed by atoms with Gasteiger partial charge in [-0.15, -0.1) is 0 Å². The molecule has 0 atom stereocenters. The molecule has 0 bridgehead atoms. The van der Waals surface area contributed by atoms with Crippen LogP contribution in [0.4, 0.5) is 0 Å². The van der Waals surface area contributed by atoms with Crippen molar-refractivity contribution in [2.24, 2.45) is 0 Å². The van der Waals surface area contributed by atoms with E-state index in [9.17, 15) is 0 Å². The van der Waals surface area contributed by atoms with Gasteiger partial charge in [0.1, 0.15) is 5.75 Å². The second-order valence-electron chi connectivity index (χ2n) is 6.47. The molecule has 1 aliphatic carbocycles. The molecule has 1 fully saturated rings. The first kappa shape index (κ1) is 14.3. The topological polar surface area (TPSA) is 34.1 Å². The molecule has 0 saturated heterocycles. The van der Waals surface area contributed by atoms with Crippen molar-refractivity contribution in [3.63, 3.8) is 0 Å². The average Bonchev–Trinajstić information content (AvgIpc) is 2.38. The number of nitrogens with one attached hydrogen (secondary N) is 1. The molecule has 0 unspecified atom stereocenters. The molecule has 3 heteroatoms. The molecular weight excluding hydrogens is 236 g/mol. The maximum atomic E-state index is 5.97. The Bertz CT molecular complexity index is 375. The molecule has 0 spiro atoms. The Morgan fingerprint density at radius 3 is 2.53 bits per heavy atom.